The van der Waals surface area contributed by atoms with Crippen LogP contribution in [0, 0.1) is 0 Å². The zero-order valence-corrected chi connectivity index (χ0v) is 11.0. The molecule has 20 heavy (non-hydrogen) atoms. The number of aromatic nitrogens is 1. The number of pyridine rings is 1. The van der Waals surface area contributed by atoms with E-state index in [9.17, 15) is 4.79 Å². The summed E-state index contributed by atoms with van der Waals surface area (Å²) >= 11 is 0. The third-order valence-corrected chi connectivity index (χ3v) is 3.00. The minimum absolute atomic E-state index is 0.319. The van der Waals surface area contributed by atoms with Gasteiger partial charge in [0.15, 0.2) is 0 Å². The number of carbonyl (C=O) groups is 1. The fraction of sp³-hybridized carbons (Fsp3) is 0.125. The molecule has 1 heterocycles. The predicted octanol–water partition coefficient (Wildman–Crippen LogP) is 3.33. The number of nitrogens with zero attached hydrogens (tertiary/aromatic N) is 1. The molecular formula is C16H13NO3. The van der Waals surface area contributed by atoms with Gasteiger partial charge >= 0.3 is 5.97 Å². The van der Waals surface area contributed by atoms with Crippen molar-refractivity contribution in [1.82, 2.24) is 4.98 Å². The van der Waals surface area contributed by atoms with Gasteiger partial charge in [-0.15, -0.1) is 0 Å². The van der Waals surface area contributed by atoms with Crippen molar-refractivity contribution in [2.75, 3.05) is 0 Å². The van der Waals surface area contributed by atoms with E-state index in [1.165, 1.54) is 6.92 Å². The maximum Gasteiger partial charge on any atom is 0.308 e. The van der Waals surface area contributed by atoms with Crippen LogP contribution in [0.4, 0.5) is 0 Å². The summed E-state index contributed by atoms with van der Waals surface area (Å²) < 4.78 is 11.0. The van der Waals surface area contributed by atoms with E-state index in [1.54, 1.807) is 12.3 Å². The first kappa shape index (κ1) is 12.4. The Balaban J connectivity index is 1.90. The highest BCUT2D eigenvalue weighted by Crippen LogP contribution is 2.36. The number of allylic oxidation sites excluding steroid dienone is 1. The largest absolute Gasteiger partial charge is 0.439 e. The molecule has 4 nitrogen and oxygen atoms in total. The molecule has 3 rings (SSSR count). The maximum absolute atomic E-state index is 11.1. The summed E-state index contributed by atoms with van der Waals surface area (Å²) in [7, 11) is 0. The molecule has 1 aromatic carbocycles. The molecule has 2 aromatic rings. The number of hydrogen-bond donors (Lipinski definition) is 0. The average molecular weight is 267 g/mol. The van der Waals surface area contributed by atoms with Crippen molar-refractivity contribution in [3.05, 3.63) is 59.8 Å². The maximum atomic E-state index is 11.1. The molecule has 0 spiro atoms. The molecule has 4 heteroatoms. The number of hydrogen-bond acceptors (Lipinski definition) is 4. The van der Waals surface area contributed by atoms with Gasteiger partial charge in [0.1, 0.15) is 11.5 Å². The van der Waals surface area contributed by atoms with Gasteiger partial charge in [-0.1, -0.05) is 18.2 Å². The van der Waals surface area contributed by atoms with Crippen LogP contribution in [-0.2, 0) is 16.0 Å². The molecule has 1 aliphatic carbocycles. The van der Waals surface area contributed by atoms with E-state index >= 15 is 0 Å². The molecule has 0 radical (unpaired) electrons. The molecule has 0 amide bonds. The van der Waals surface area contributed by atoms with Crippen LogP contribution >= 0.6 is 0 Å². The SMILES string of the molecule is CC(=O)OC1=CCc2c(Oc3ccccn3)cccc21. The lowest BCUT2D eigenvalue weighted by Crippen LogP contribution is -1.98. The van der Waals surface area contributed by atoms with Crippen molar-refractivity contribution in [1.29, 1.82) is 0 Å². The Hall–Kier alpha value is -2.62. The second-order valence-corrected chi connectivity index (χ2v) is 4.42. The highest BCUT2D eigenvalue weighted by molar-refractivity contribution is 5.80. The zero-order chi connectivity index (χ0) is 13.9. The lowest BCUT2D eigenvalue weighted by atomic mass is 10.1. The van der Waals surface area contributed by atoms with Crippen molar-refractivity contribution in [2.45, 2.75) is 13.3 Å². The van der Waals surface area contributed by atoms with Crippen LogP contribution in [0.3, 0.4) is 0 Å². The number of esters is 1. The fourth-order valence-electron chi connectivity index (χ4n) is 2.18. The van der Waals surface area contributed by atoms with Gasteiger partial charge in [-0.25, -0.2) is 4.98 Å². The first-order valence-electron chi connectivity index (χ1n) is 6.34. The second-order valence-electron chi connectivity index (χ2n) is 4.42. The van der Waals surface area contributed by atoms with Gasteiger partial charge in [0.25, 0.3) is 0 Å². The van der Waals surface area contributed by atoms with E-state index in [-0.39, 0.29) is 5.97 Å². The van der Waals surface area contributed by atoms with Crippen LogP contribution in [0.25, 0.3) is 5.76 Å². The molecule has 0 N–H and O–H groups in total. The number of rotatable bonds is 3. The monoisotopic (exact) mass is 267 g/mol. The minimum Gasteiger partial charge on any atom is -0.439 e. The van der Waals surface area contributed by atoms with Crippen molar-refractivity contribution < 1.29 is 14.3 Å². The Morgan fingerprint density at radius 1 is 1.20 bits per heavy atom. The van der Waals surface area contributed by atoms with E-state index < -0.39 is 0 Å². The predicted molar refractivity (Wildman–Crippen MR) is 74.2 cm³/mol. The molecule has 0 aliphatic heterocycles. The average Bonchev–Trinajstić information content (AvgIpc) is 2.84. The van der Waals surface area contributed by atoms with E-state index in [4.69, 9.17) is 9.47 Å². The molecule has 0 bridgehead atoms. The summed E-state index contributed by atoms with van der Waals surface area (Å²) in [6.45, 7) is 1.40. The normalized spacial score (nSPS) is 12.6. The third-order valence-electron chi connectivity index (χ3n) is 3.00. The van der Waals surface area contributed by atoms with Crippen LogP contribution in [0.15, 0.2) is 48.7 Å². The van der Waals surface area contributed by atoms with Gasteiger partial charge in [-0.3, -0.25) is 4.79 Å². The van der Waals surface area contributed by atoms with Gasteiger partial charge in [-0.2, -0.15) is 0 Å². The fourth-order valence-corrected chi connectivity index (χ4v) is 2.18. The van der Waals surface area contributed by atoms with Gasteiger partial charge < -0.3 is 9.47 Å². The number of carbonyl (C=O) groups excluding carboxylic acids is 1. The topological polar surface area (TPSA) is 48.4 Å². The molecule has 100 valence electrons. The standard InChI is InChI=1S/C16H13NO3/c1-11(18)19-15-9-8-13-12(15)5-4-6-14(13)20-16-7-2-3-10-17-16/h2-7,9-10H,8H2,1H3. The molecule has 0 saturated heterocycles. The van der Waals surface area contributed by atoms with Crippen LogP contribution in [0.2, 0.25) is 0 Å². The second kappa shape index (κ2) is 5.17. The van der Waals surface area contributed by atoms with Gasteiger partial charge in [0.05, 0.1) is 0 Å². The van der Waals surface area contributed by atoms with Crippen LogP contribution in [-0.4, -0.2) is 11.0 Å². The Morgan fingerprint density at radius 3 is 2.85 bits per heavy atom. The smallest absolute Gasteiger partial charge is 0.308 e. The van der Waals surface area contributed by atoms with Crippen molar-refractivity contribution in [3.63, 3.8) is 0 Å². The molecule has 0 saturated carbocycles. The van der Waals surface area contributed by atoms with Crippen molar-refractivity contribution in [2.24, 2.45) is 0 Å². The lowest BCUT2D eigenvalue weighted by molar-refractivity contribution is -0.134. The summed E-state index contributed by atoms with van der Waals surface area (Å²) in [4.78, 5) is 15.2. The Bertz CT molecular complexity index is 677. The Labute approximate surface area is 116 Å². The van der Waals surface area contributed by atoms with E-state index in [0.717, 1.165) is 16.9 Å². The van der Waals surface area contributed by atoms with Crippen molar-refractivity contribution in [3.8, 4) is 11.6 Å². The Morgan fingerprint density at radius 2 is 2.10 bits per heavy atom. The van der Waals surface area contributed by atoms with Crippen molar-refractivity contribution >= 4 is 11.7 Å². The van der Waals surface area contributed by atoms with Gasteiger partial charge in [0, 0.05) is 30.3 Å². The third kappa shape index (κ3) is 2.40. The highest BCUT2D eigenvalue weighted by Gasteiger charge is 2.20. The number of ether oxygens (including phenoxy) is 2. The van der Waals surface area contributed by atoms with Gasteiger partial charge in [-0.05, 0) is 24.6 Å². The van der Waals surface area contributed by atoms with E-state index in [1.807, 2.05) is 36.4 Å². The van der Waals surface area contributed by atoms with Crippen LogP contribution < -0.4 is 4.74 Å². The highest BCUT2D eigenvalue weighted by atomic mass is 16.5. The first-order chi connectivity index (χ1) is 9.74. The van der Waals surface area contributed by atoms with Crippen LogP contribution in [0.5, 0.6) is 11.6 Å². The summed E-state index contributed by atoms with van der Waals surface area (Å²) in [6, 6.07) is 11.2. The molecular weight excluding hydrogens is 254 g/mol. The number of benzene rings is 1. The van der Waals surface area contributed by atoms with Gasteiger partial charge in [0.2, 0.25) is 5.88 Å². The summed E-state index contributed by atoms with van der Waals surface area (Å²) in [5, 5.41) is 0. The first-order valence-corrected chi connectivity index (χ1v) is 6.34. The van der Waals surface area contributed by atoms with Crippen LogP contribution in [0.1, 0.15) is 18.1 Å². The molecule has 1 aliphatic rings. The summed E-state index contributed by atoms with van der Waals surface area (Å²) in [5.74, 6) is 1.56. The minimum atomic E-state index is -0.319. The van der Waals surface area contributed by atoms with E-state index in [0.29, 0.717) is 18.1 Å². The molecule has 0 fully saturated rings. The quantitative estimate of drug-likeness (QED) is 0.800. The zero-order valence-electron chi connectivity index (χ0n) is 11.0. The number of fused-ring (bicyclic) bond motifs is 1. The summed E-state index contributed by atoms with van der Waals surface area (Å²) in [6.07, 6.45) is 4.25. The molecule has 1 aromatic heterocycles. The van der Waals surface area contributed by atoms with E-state index in [2.05, 4.69) is 4.98 Å². The lowest BCUT2D eigenvalue weighted by Gasteiger charge is -2.10. The Kier molecular flexibility index (Phi) is 3.21. The summed E-state index contributed by atoms with van der Waals surface area (Å²) in [5.41, 5.74) is 1.91. The molecule has 0 atom stereocenters. The molecule has 0 unspecified atom stereocenters.